The Morgan fingerprint density at radius 3 is 2.22 bits per heavy atom. The van der Waals surface area contributed by atoms with Crippen LogP contribution in [0.5, 0.6) is 0 Å². The molecule has 6 nitrogen and oxygen atoms in total. The molecule has 0 amide bonds. The predicted octanol–water partition coefficient (Wildman–Crippen LogP) is 2.66. The molecule has 0 radical (unpaired) electrons. The third-order valence-electron chi connectivity index (χ3n) is 8.35. The molecule has 0 unspecified atom stereocenters. The zero-order valence-corrected chi connectivity index (χ0v) is 16.5. The van der Waals surface area contributed by atoms with Crippen LogP contribution in [0.2, 0.25) is 0 Å². The molecule has 152 valence electrons. The number of aliphatic hydroxyl groups is 1. The third-order valence-corrected chi connectivity index (χ3v) is 8.35. The summed E-state index contributed by atoms with van der Waals surface area (Å²) < 4.78 is 31.6. The number of carbonyl (C=O) groups excluding carboxylic acids is 1. The fourth-order valence-corrected chi connectivity index (χ4v) is 7.01. The number of rotatable bonds is 0. The van der Waals surface area contributed by atoms with Gasteiger partial charge in [0.2, 0.25) is 0 Å². The van der Waals surface area contributed by atoms with Crippen LogP contribution in [0.4, 0.5) is 0 Å². The molecule has 3 N–H and O–H groups in total. The number of aliphatic hydroxyl groups excluding tert-OH is 1. The van der Waals surface area contributed by atoms with Gasteiger partial charge in [0.25, 0.3) is 0 Å². The fourth-order valence-electron chi connectivity index (χ4n) is 7.01. The van der Waals surface area contributed by atoms with Crippen molar-refractivity contribution in [2.75, 3.05) is 0 Å². The Hall–Kier alpha value is 0.500. The molecule has 0 bridgehead atoms. The van der Waals surface area contributed by atoms with Crippen molar-refractivity contribution < 1.29 is 27.4 Å². The van der Waals surface area contributed by atoms with Crippen molar-refractivity contribution in [3.63, 3.8) is 0 Å². The van der Waals surface area contributed by atoms with Crippen LogP contribution >= 0.6 is 0 Å². The zero-order valence-electron chi connectivity index (χ0n) is 15.7. The summed E-state index contributed by atoms with van der Waals surface area (Å²) in [5.41, 5.74) is 0.452. The second kappa shape index (κ2) is 8.32. The molecular weight excluding hydrogens is 379 g/mol. The summed E-state index contributed by atoms with van der Waals surface area (Å²) in [6.07, 6.45) is 10.1. The van der Waals surface area contributed by atoms with Gasteiger partial charge in [0.15, 0.2) is 0 Å². The molecule has 4 aliphatic rings. The van der Waals surface area contributed by atoms with E-state index in [9.17, 15) is 9.90 Å². The molecule has 7 atom stereocenters. The Labute approximate surface area is 184 Å². The first kappa shape index (κ1) is 23.8. The Morgan fingerprint density at radius 2 is 1.59 bits per heavy atom. The quantitative estimate of drug-likeness (QED) is 0.417. The Balaban J connectivity index is 0.000000390. The van der Waals surface area contributed by atoms with E-state index in [0.717, 1.165) is 49.9 Å². The number of Topliss-reactive ketones (excluding diaryl/α,β-unsaturated/α-hetero) is 1. The molecular formula is C19H33NaO6S. The van der Waals surface area contributed by atoms with E-state index < -0.39 is 10.4 Å². The Kier molecular flexibility index (Phi) is 7.33. The molecule has 0 aromatic heterocycles. The van der Waals surface area contributed by atoms with Crippen LogP contribution in [0.25, 0.3) is 0 Å². The van der Waals surface area contributed by atoms with E-state index in [1.165, 1.54) is 25.7 Å². The Bertz CT molecular complexity index is 659. The van der Waals surface area contributed by atoms with E-state index in [1.54, 1.807) is 0 Å². The van der Waals surface area contributed by atoms with Crippen molar-refractivity contribution >= 4 is 45.7 Å². The van der Waals surface area contributed by atoms with E-state index >= 15 is 0 Å². The van der Waals surface area contributed by atoms with Crippen LogP contribution < -0.4 is 0 Å². The predicted molar refractivity (Wildman–Crippen MR) is 104 cm³/mol. The molecule has 0 spiro atoms. The normalized spacial score (nSPS) is 46.1. The van der Waals surface area contributed by atoms with Gasteiger partial charge in [-0.25, -0.2) is 0 Å². The monoisotopic (exact) mass is 412 g/mol. The van der Waals surface area contributed by atoms with Gasteiger partial charge in [-0.15, -0.1) is 0 Å². The first-order valence-corrected chi connectivity index (χ1v) is 11.3. The number of fused-ring (bicyclic) bond motifs is 5. The molecule has 8 heteroatoms. The first-order chi connectivity index (χ1) is 11.9. The topological polar surface area (TPSA) is 112 Å². The molecule has 0 aliphatic heterocycles. The molecule has 4 aliphatic carbocycles. The van der Waals surface area contributed by atoms with Gasteiger partial charge in [-0.3, -0.25) is 13.9 Å². The van der Waals surface area contributed by atoms with Gasteiger partial charge >= 0.3 is 40.0 Å². The standard InChI is InChI=1S/C19H30O2.Na.H2O4S.H/c1-18-9-7-13(20)11-12(18)3-4-14-15-5-6-17(21)19(15,2)10-8-16(14)18;;1-5(2,3)4;/h12-16,20H,3-11H2,1-2H3;;(H2,1,2,3,4);/t12-,13+,14-,15-,16-,18-,19-;;;/m0.../s1. The summed E-state index contributed by atoms with van der Waals surface area (Å²) in [7, 11) is -4.67. The van der Waals surface area contributed by atoms with Crippen molar-refractivity contribution in [3.05, 3.63) is 0 Å². The Morgan fingerprint density at radius 1 is 0.963 bits per heavy atom. The van der Waals surface area contributed by atoms with Crippen molar-refractivity contribution in [2.24, 2.45) is 34.5 Å². The van der Waals surface area contributed by atoms with Crippen molar-refractivity contribution in [2.45, 2.75) is 77.7 Å². The molecule has 27 heavy (non-hydrogen) atoms. The molecule has 0 heterocycles. The van der Waals surface area contributed by atoms with Crippen LogP contribution in [0, 0.1) is 34.5 Å². The maximum absolute atomic E-state index is 12.4. The number of hydrogen-bond donors (Lipinski definition) is 3. The van der Waals surface area contributed by atoms with E-state index in [0.29, 0.717) is 17.1 Å². The average Bonchev–Trinajstić information content (AvgIpc) is 2.82. The van der Waals surface area contributed by atoms with Crippen LogP contribution in [0.1, 0.15) is 71.6 Å². The second-order valence-corrected chi connectivity index (χ2v) is 10.3. The number of hydrogen-bond acceptors (Lipinski definition) is 4. The number of ketones is 1. The number of carbonyl (C=O) groups is 1. The molecule has 0 aromatic carbocycles. The molecule has 4 saturated carbocycles. The first-order valence-electron chi connectivity index (χ1n) is 9.86. The molecule has 0 saturated heterocycles. The third kappa shape index (κ3) is 4.65. The summed E-state index contributed by atoms with van der Waals surface area (Å²) in [6.45, 7) is 4.78. The summed E-state index contributed by atoms with van der Waals surface area (Å²) in [4.78, 5) is 12.4. The van der Waals surface area contributed by atoms with E-state index in [1.807, 2.05) is 0 Å². The SMILES string of the molecule is O=S(=O)(O)O.O=[C:17]1[C@@:13]2([CH3:18])[CH2:12][CH2:11][C@H:9]3[C@@H:8]([CH2:7][CH2:6][C@H:5]4[CH2:4][C@H:3](O)[CH2:2][CH2:1][C@@:10]43[CH3:19])[C@@H:14]2[CH2:15][CH2:16]1.[NaH]. The van der Waals surface area contributed by atoms with Gasteiger partial charge in [0.1, 0.15) is 5.78 Å². The summed E-state index contributed by atoms with van der Waals surface area (Å²) >= 11 is 0. The van der Waals surface area contributed by atoms with Crippen LogP contribution in [0.15, 0.2) is 0 Å². The van der Waals surface area contributed by atoms with Crippen LogP contribution in [-0.2, 0) is 15.2 Å². The van der Waals surface area contributed by atoms with E-state index in [-0.39, 0.29) is 41.1 Å². The average molecular weight is 413 g/mol. The minimum absolute atomic E-state index is 0. The van der Waals surface area contributed by atoms with Gasteiger partial charge in [-0.2, -0.15) is 8.42 Å². The molecule has 4 fully saturated rings. The van der Waals surface area contributed by atoms with Crippen molar-refractivity contribution in [1.82, 2.24) is 0 Å². The second-order valence-electron chi connectivity index (χ2n) is 9.45. The zero-order chi connectivity index (χ0) is 19.3. The van der Waals surface area contributed by atoms with Crippen molar-refractivity contribution in [1.29, 1.82) is 0 Å². The van der Waals surface area contributed by atoms with Crippen molar-refractivity contribution in [3.8, 4) is 0 Å². The van der Waals surface area contributed by atoms with Gasteiger partial charge in [-0.05, 0) is 80.5 Å². The summed E-state index contributed by atoms with van der Waals surface area (Å²) in [5.74, 6) is 3.54. The van der Waals surface area contributed by atoms with E-state index in [4.69, 9.17) is 17.5 Å². The minimum atomic E-state index is -4.67. The summed E-state index contributed by atoms with van der Waals surface area (Å²) in [6, 6.07) is 0. The van der Waals surface area contributed by atoms with Gasteiger partial charge in [0, 0.05) is 11.8 Å². The molecule has 0 aromatic rings. The van der Waals surface area contributed by atoms with Gasteiger partial charge in [-0.1, -0.05) is 13.8 Å². The fraction of sp³-hybridized carbons (Fsp3) is 0.947. The van der Waals surface area contributed by atoms with E-state index in [2.05, 4.69) is 13.8 Å². The van der Waals surface area contributed by atoms with Crippen LogP contribution in [0.3, 0.4) is 0 Å². The summed E-state index contributed by atoms with van der Waals surface area (Å²) in [5, 5.41) is 10.0. The van der Waals surface area contributed by atoms with Crippen LogP contribution in [-0.4, -0.2) is 64.1 Å². The van der Waals surface area contributed by atoms with Gasteiger partial charge < -0.3 is 5.11 Å². The molecule has 4 rings (SSSR count). The maximum atomic E-state index is 12.4. The van der Waals surface area contributed by atoms with Gasteiger partial charge in [0.05, 0.1) is 6.10 Å².